The first-order valence-electron chi connectivity index (χ1n) is 9.79. The van der Waals surface area contributed by atoms with Gasteiger partial charge in [-0.05, 0) is 25.5 Å². The topological polar surface area (TPSA) is 85.2 Å². The van der Waals surface area contributed by atoms with Gasteiger partial charge in [-0.15, -0.1) is 0 Å². The molecule has 152 valence electrons. The third kappa shape index (κ3) is 4.02. The number of carbonyl (C=O) groups excluding carboxylic acids is 2. The minimum Gasteiger partial charge on any atom is -0.362 e. The smallest absolute Gasteiger partial charge is 0.235 e. The molecule has 2 amide bonds. The number of carbonyl (C=O) groups is 2. The first-order chi connectivity index (χ1) is 14.0. The van der Waals surface area contributed by atoms with Gasteiger partial charge in [-0.25, -0.2) is 4.39 Å². The van der Waals surface area contributed by atoms with Crippen LogP contribution in [0.5, 0.6) is 0 Å². The second kappa shape index (κ2) is 8.31. The number of imide groups is 1. The van der Waals surface area contributed by atoms with E-state index < -0.39 is 18.2 Å². The van der Waals surface area contributed by atoms with Gasteiger partial charge in [-0.3, -0.25) is 19.6 Å². The Morgan fingerprint density at radius 2 is 2.21 bits per heavy atom. The van der Waals surface area contributed by atoms with Crippen LogP contribution in [0.2, 0.25) is 0 Å². The lowest BCUT2D eigenvalue weighted by molar-refractivity contribution is -0.134. The molecule has 0 aliphatic carbocycles. The van der Waals surface area contributed by atoms with E-state index in [1.807, 2.05) is 25.2 Å². The van der Waals surface area contributed by atoms with Crippen molar-refractivity contribution in [1.29, 1.82) is 0 Å². The van der Waals surface area contributed by atoms with Crippen molar-refractivity contribution in [3.63, 3.8) is 0 Å². The average Bonchev–Trinajstić information content (AvgIpc) is 3.04. The molecule has 2 fully saturated rings. The van der Waals surface area contributed by atoms with Crippen molar-refractivity contribution >= 4 is 22.7 Å². The zero-order chi connectivity index (χ0) is 20.4. The van der Waals surface area contributed by atoms with Gasteiger partial charge < -0.3 is 10.1 Å². The lowest BCUT2D eigenvalue weighted by Crippen LogP contribution is -2.42. The third-order valence-corrected chi connectivity index (χ3v) is 5.40. The van der Waals surface area contributed by atoms with Crippen LogP contribution in [0.15, 0.2) is 18.2 Å². The molecule has 8 heteroatoms. The Labute approximate surface area is 168 Å². The molecule has 0 saturated carbocycles. The Morgan fingerprint density at radius 1 is 1.34 bits per heavy atom. The van der Waals surface area contributed by atoms with Crippen molar-refractivity contribution in [3.8, 4) is 11.8 Å². The fourth-order valence-corrected chi connectivity index (χ4v) is 3.94. The lowest BCUT2D eigenvalue weighted by Gasteiger charge is -2.25. The quantitative estimate of drug-likeness (QED) is 0.599. The van der Waals surface area contributed by atoms with Crippen molar-refractivity contribution in [2.45, 2.75) is 37.5 Å². The van der Waals surface area contributed by atoms with Crippen LogP contribution >= 0.6 is 0 Å². The summed E-state index contributed by atoms with van der Waals surface area (Å²) in [6, 6.07) is 5.66. The van der Waals surface area contributed by atoms with E-state index >= 15 is 0 Å². The highest BCUT2D eigenvalue weighted by Crippen LogP contribution is 2.31. The van der Waals surface area contributed by atoms with Crippen LogP contribution in [0.25, 0.3) is 10.9 Å². The molecular formula is C21H23FN4O3. The highest BCUT2D eigenvalue weighted by atomic mass is 19.1. The molecule has 0 radical (unpaired) electrons. The molecule has 0 spiro atoms. The van der Waals surface area contributed by atoms with Crippen LogP contribution in [0, 0.1) is 11.8 Å². The van der Waals surface area contributed by atoms with E-state index in [0.717, 1.165) is 23.0 Å². The maximum atomic E-state index is 13.8. The van der Waals surface area contributed by atoms with E-state index in [1.165, 1.54) is 0 Å². The van der Waals surface area contributed by atoms with E-state index in [0.29, 0.717) is 31.5 Å². The van der Waals surface area contributed by atoms with Gasteiger partial charge in [0.05, 0.1) is 28.8 Å². The lowest BCUT2D eigenvalue weighted by atomic mass is 9.92. The number of nitrogens with zero attached hydrogens (tertiary/aromatic N) is 2. The molecular weight excluding hydrogens is 375 g/mol. The van der Waals surface area contributed by atoms with Crippen LogP contribution in [0.1, 0.15) is 36.4 Å². The number of hydrogen-bond donors (Lipinski definition) is 2. The summed E-state index contributed by atoms with van der Waals surface area (Å²) < 4.78 is 21.1. The van der Waals surface area contributed by atoms with Crippen LogP contribution in [0.3, 0.4) is 0 Å². The molecule has 2 N–H and O–H groups in total. The third-order valence-electron chi connectivity index (χ3n) is 5.40. The van der Waals surface area contributed by atoms with Gasteiger partial charge in [0.2, 0.25) is 11.8 Å². The van der Waals surface area contributed by atoms with Gasteiger partial charge in [-0.2, -0.15) is 5.10 Å². The molecule has 1 unspecified atom stereocenters. The molecule has 2 saturated heterocycles. The number of nitrogens with one attached hydrogen (secondary N) is 2. The van der Waals surface area contributed by atoms with Gasteiger partial charge in [0.1, 0.15) is 12.8 Å². The Morgan fingerprint density at radius 3 is 3.00 bits per heavy atom. The SMILES string of the molecule is Cn1nc(C2CCC(=O)NC2=O)c2cccc(C#CCO[C@H]3CCNC[C@H]3F)c21. The zero-order valence-corrected chi connectivity index (χ0v) is 16.2. The van der Waals surface area contributed by atoms with Crippen molar-refractivity contribution in [2.24, 2.45) is 7.05 Å². The number of rotatable bonds is 3. The van der Waals surface area contributed by atoms with E-state index in [1.54, 1.807) is 4.68 Å². The van der Waals surface area contributed by atoms with Crippen LogP contribution < -0.4 is 10.6 Å². The van der Waals surface area contributed by atoms with Crippen LogP contribution in [-0.4, -0.2) is 53.6 Å². The average molecular weight is 398 g/mol. The van der Waals surface area contributed by atoms with Crippen LogP contribution in [-0.2, 0) is 21.4 Å². The van der Waals surface area contributed by atoms with Gasteiger partial charge >= 0.3 is 0 Å². The molecule has 2 aliphatic rings. The van der Waals surface area contributed by atoms with Crippen LogP contribution in [0.4, 0.5) is 4.39 Å². The number of piperidine rings is 2. The fourth-order valence-electron chi connectivity index (χ4n) is 3.94. The summed E-state index contributed by atoms with van der Waals surface area (Å²) in [6.07, 6.45) is -0.0481. The Hall–Kier alpha value is -2.76. The summed E-state index contributed by atoms with van der Waals surface area (Å²) in [5.74, 6) is 5.04. The Kier molecular flexibility index (Phi) is 5.60. The molecule has 2 aliphatic heterocycles. The molecule has 29 heavy (non-hydrogen) atoms. The summed E-state index contributed by atoms with van der Waals surface area (Å²) in [5, 5.41) is 10.8. The molecule has 7 nitrogen and oxygen atoms in total. The molecule has 4 rings (SSSR count). The summed E-state index contributed by atoms with van der Waals surface area (Å²) in [6.45, 7) is 1.21. The predicted molar refractivity (Wildman–Crippen MR) is 105 cm³/mol. The first kappa shape index (κ1) is 19.6. The first-order valence-corrected chi connectivity index (χ1v) is 9.79. The summed E-state index contributed by atoms with van der Waals surface area (Å²) in [4.78, 5) is 23.7. The number of halogens is 1. The zero-order valence-electron chi connectivity index (χ0n) is 16.2. The highest BCUT2D eigenvalue weighted by molar-refractivity contribution is 6.02. The number of fused-ring (bicyclic) bond motifs is 1. The minimum atomic E-state index is -1.01. The summed E-state index contributed by atoms with van der Waals surface area (Å²) >= 11 is 0. The van der Waals surface area contributed by atoms with Gasteiger partial charge in [-0.1, -0.05) is 24.0 Å². The fraction of sp³-hybridized carbons (Fsp3) is 0.476. The summed E-state index contributed by atoms with van der Waals surface area (Å²) in [5.41, 5.74) is 2.24. The number of aromatic nitrogens is 2. The monoisotopic (exact) mass is 398 g/mol. The van der Waals surface area contributed by atoms with Gasteiger partial charge in [0.15, 0.2) is 0 Å². The maximum Gasteiger partial charge on any atom is 0.235 e. The number of benzene rings is 1. The normalized spacial score (nSPS) is 24.8. The number of hydrogen-bond acceptors (Lipinski definition) is 5. The number of para-hydroxylation sites is 1. The predicted octanol–water partition coefficient (Wildman–Crippen LogP) is 1.16. The molecule has 3 atom stereocenters. The molecule has 0 bridgehead atoms. The largest absolute Gasteiger partial charge is 0.362 e. The maximum absolute atomic E-state index is 13.8. The number of amides is 2. The second-order valence-electron chi connectivity index (χ2n) is 7.37. The van der Waals surface area contributed by atoms with Crippen molar-refractivity contribution in [1.82, 2.24) is 20.4 Å². The Balaban J connectivity index is 1.55. The van der Waals surface area contributed by atoms with Crippen molar-refractivity contribution in [2.75, 3.05) is 19.7 Å². The van der Waals surface area contributed by atoms with E-state index in [-0.39, 0.29) is 18.4 Å². The van der Waals surface area contributed by atoms with Crippen molar-refractivity contribution in [3.05, 3.63) is 29.5 Å². The molecule has 1 aromatic carbocycles. The molecule has 2 aromatic rings. The minimum absolute atomic E-state index is 0.152. The molecule has 3 heterocycles. The van der Waals surface area contributed by atoms with E-state index in [4.69, 9.17) is 4.74 Å². The number of ether oxygens (including phenoxy) is 1. The summed E-state index contributed by atoms with van der Waals surface area (Å²) in [7, 11) is 1.81. The van der Waals surface area contributed by atoms with E-state index in [9.17, 15) is 14.0 Å². The Bertz CT molecular complexity index is 1010. The van der Waals surface area contributed by atoms with Gasteiger partial charge in [0, 0.05) is 25.4 Å². The van der Waals surface area contributed by atoms with Crippen molar-refractivity contribution < 1.29 is 18.7 Å². The number of aryl methyl sites for hydroxylation is 1. The number of alkyl halides is 1. The standard InChI is InChI=1S/C21H23FN4O3/c1-26-20-13(5-3-11-29-17-9-10-23-12-16(17)22)4-2-6-14(20)19(25-26)15-7-8-18(27)24-21(15)28/h2,4,6,15-17,23H,7-12H2,1H3,(H,24,27,28)/t15?,16-,17+/m1/s1. The van der Waals surface area contributed by atoms with Gasteiger partial charge in [0.25, 0.3) is 0 Å². The molecule has 1 aromatic heterocycles. The van der Waals surface area contributed by atoms with E-state index in [2.05, 4.69) is 27.6 Å². The second-order valence-corrected chi connectivity index (χ2v) is 7.37. The highest BCUT2D eigenvalue weighted by Gasteiger charge is 2.31.